The van der Waals surface area contributed by atoms with E-state index < -0.39 is 5.60 Å². The van der Waals surface area contributed by atoms with Gasteiger partial charge in [0.1, 0.15) is 11.5 Å². The van der Waals surface area contributed by atoms with Gasteiger partial charge in [-0.1, -0.05) is 24.3 Å². The number of rotatable bonds is 1. The van der Waals surface area contributed by atoms with E-state index in [1.54, 1.807) is 0 Å². The van der Waals surface area contributed by atoms with Gasteiger partial charge in [-0.25, -0.2) is 0 Å². The molecule has 1 aromatic rings. The van der Waals surface area contributed by atoms with Crippen LogP contribution in [-0.4, -0.2) is 11.6 Å². The van der Waals surface area contributed by atoms with E-state index >= 15 is 0 Å². The van der Waals surface area contributed by atoms with E-state index in [9.17, 15) is 4.79 Å². The van der Waals surface area contributed by atoms with Gasteiger partial charge in [0.15, 0.2) is 0 Å². The van der Waals surface area contributed by atoms with Crippen molar-refractivity contribution in [1.29, 1.82) is 0 Å². The number of ether oxygens (including phenoxy) is 1. The second-order valence-electron chi connectivity index (χ2n) is 4.60. The molecule has 0 atom stereocenters. The zero-order chi connectivity index (χ0) is 10.3. The molecular formula is C12H14O2. The molecule has 0 radical (unpaired) electrons. The average molecular weight is 190 g/mol. The summed E-state index contributed by atoms with van der Waals surface area (Å²) in [5.41, 5.74) is 1.83. The van der Waals surface area contributed by atoms with Gasteiger partial charge >= 0.3 is 5.97 Å². The molecule has 2 nitrogen and oxygen atoms in total. The first-order chi connectivity index (χ1) is 6.49. The first-order valence-corrected chi connectivity index (χ1v) is 4.81. The third-order valence-electron chi connectivity index (χ3n) is 2.18. The first kappa shape index (κ1) is 9.25. The van der Waals surface area contributed by atoms with Crippen LogP contribution < -0.4 is 0 Å². The summed E-state index contributed by atoms with van der Waals surface area (Å²) >= 11 is 0. The second kappa shape index (κ2) is 2.84. The number of carbonyl (C=O) groups excluding carboxylic acids is 1. The molecule has 0 unspecified atom stereocenters. The van der Waals surface area contributed by atoms with Crippen LogP contribution in [0.2, 0.25) is 0 Å². The van der Waals surface area contributed by atoms with Gasteiger partial charge in [0, 0.05) is 0 Å². The number of hydrogen-bond donors (Lipinski definition) is 0. The molecule has 0 spiro atoms. The van der Waals surface area contributed by atoms with Crippen LogP contribution in [0.5, 0.6) is 0 Å². The van der Waals surface area contributed by atoms with E-state index in [0.717, 1.165) is 11.1 Å². The van der Waals surface area contributed by atoms with Crippen LogP contribution in [0.1, 0.15) is 37.8 Å². The third-order valence-corrected chi connectivity index (χ3v) is 2.18. The van der Waals surface area contributed by atoms with Crippen molar-refractivity contribution >= 4 is 5.97 Å². The topological polar surface area (TPSA) is 26.3 Å². The molecule has 1 aromatic carbocycles. The molecular weight excluding hydrogens is 176 g/mol. The van der Waals surface area contributed by atoms with Gasteiger partial charge in [0.2, 0.25) is 0 Å². The Morgan fingerprint density at radius 3 is 2.14 bits per heavy atom. The SMILES string of the molecule is CC(C)(C)OC(=O)C1c2ccccc21. The van der Waals surface area contributed by atoms with E-state index in [2.05, 4.69) is 0 Å². The molecule has 74 valence electrons. The van der Waals surface area contributed by atoms with Crippen molar-refractivity contribution in [3.63, 3.8) is 0 Å². The van der Waals surface area contributed by atoms with E-state index in [0.29, 0.717) is 0 Å². The van der Waals surface area contributed by atoms with Crippen molar-refractivity contribution in [1.82, 2.24) is 0 Å². The predicted molar refractivity (Wildman–Crippen MR) is 54.1 cm³/mol. The molecule has 14 heavy (non-hydrogen) atoms. The minimum atomic E-state index is -0.391. The summed E-state index contributed by atoms with van der Waals surface area (Å²) in [6.45, 7) is 5.66. The molecule has 0 aliphatic heterocycles. The molecule has 0 amide bonds. The number of esters is 1. The Bertz CT molecular complexity index is 351. The number of carbonyl (C=O) groups is 1. The molecule has 0 N–H and O–H groups in total. The van der Waals surface area contributed by atoms with Crippen LogP contribution in [0, 0.1) is 0 Å². The second-order valence-corrected chi connectivity index (χ2v) is 4.60. The Morgan fingerprint density at radius 2 is 1.71 bits per heavy atom. The normalized spacial score (nSPS) is 14.8. The number of fused-ring (bicyclic) bond motifs is 1. The Balaban J connectivity index is 2.05. The largest absolute Gasteiger partial charge is 0.459 e. The maximum Gasteiger partial charge on any atom is 0.318 e. The molecule has 0 saturated heterocycles. The zero-order valence-corrected chi connectivity index (χ0v) is 8.70. The van der Waals surface area contributed by atoms with Crippen molar-refractivity contribution < 1.29 is 9.53 Å². The van der Waals surface area contributed by atoms with Crippen molar-refractivity contribution in [2.24, 2.45) is 0 Å². The molecule has 0 heterocycles. The lowest BCUT2D eigenvalue weighted by molar-refractivity contribution is -0.154. The van der Waals surface area contributed by atoms with E-state index in [4.69, 9.17) is 4.74 Å². The van der Waals surface area contributed by atoms with Crippen LogP contribution >= 0.6 is 0 Å². The summed E-state index contributed by atoms with van der Waals surface area (Å²) in [6, 6.07) is 7.85. The molecule has 2 heteroatoms. The van der Waals surface area contributed by atoms with Crippen LogP contribution in [0.15, 0.2) is 24.3 Å². The fourth-order valence-corrected chi connectivity index (χ4v) is 1.57. The van der Waals surface area contributed by atoms with Gasteiger partial charge in [-0.15, -0.1) is 0 Å². The van der Waals surface area contributed by atoms with Crippen LogP contribution in [0.3, 0.4) is 0 Å². The number of hydrogen-bond acceptors (Lipinski definition) is 2. The summed E-state index contributed by atoms with van der Waals surface area (Å²) in [6.07, 6.45) is 0. The highest BCUT2D eigenvalue weighted by Gasteiger charge is 2.40. The molecule has 0 aromatic heterocycles. The van der Waals surface area contributed by atoms with Crippen LogP contribution in [0.4, 0.5) is 0 Å². The minimum Gasteiger partial charge on any atom is -0.459 e. The van der Waals surface area contributed by atoms with E-state index in [1.807, 2.05) is 45.0 Å². The van der Waals surface area contributed by atoms with Crippen LogP contribution in [0.25, 0.3) is 0 Å². The Labute approximate surface area is 83.9 Å². The Kier molecular flexibility index (Phi) is 1.88. The summed E-state index contributed by atoms with van der Waals surface area (Å²) in [5, 5.41) is 0. The van der Waals surface area contributed by atoms with Gasteiger partial charge in [-0.05, 0) is 31.9 Å². The first-order valence-electron chi connectivity index (χ1n) is 4.81. The standard InChI is InChI=1S/C12H14O2/c1-12(2,3)14-11(13)10-8-6-4-5-7-9(8)10/h4-7,10H,1-3H3. The lowest BCUT2D eigenvalue weighted by Crippen LogP contribution is -2.24. The fraction of sp³-hybridized carbons (Fsp3) is 0.417. The molecule has 2 rings (SSSR count). The zero-order valence-electron chi connectivity index (χ0n) is 8.70. The van der Waals surface area contributed by atoms with Crippen molar-refractivity contribution in [3.05, 3.63) is 35.4 Å². The van der Waals surface area contributed by atoms with Gasteiger partial charge in [0.25, 0.3) is 0 Å². The van der Waals surface area contributed by atoms with Gasteiger partial charge in [0.05, 0.1) is 0 Å². The summed E-state index contributed by atoms with van der Waals surface area (Å²) in [5.74, 6) is -0.220. The fourth-order valence-electron chi connectivity index (χ4n) is 1.57. The van der Waals surface area contributed by atoms with E-state index in [-0.39, 0.29) is 11.9 Å². The molecule has 0 bridgehead atoms. The van der Waals surface area contributed by atoms with Crippen molar-refractivity contribution in [2.45, 2.75) is 32.3 Å². The summed E-state index contributed by atoms with van der Waals surface area (Å²) < 4.78 is 5.31. The van der Waals surface area contributed by atoms with Crippen molar-refractivity contribution in [3.8, 4) is 0 Å². The maximum absolute atomic E-state index is 11.7. The average Bonchev–Trinajstić information content (AvgIpc) is 2.73. The third kappa shape index (κ3) is 1.65. The maximum atomic E-state index is 11.7. The summed E-state index contributed by atoms with van der Waals surface area (Å²) in [7, 11) is 0. The smallest absolute Gasteiger partial charge is 0.318 e. The summed E-state index contributed by atoms with van der Waals surface area (Å²) in [4.78, 5) is 11.7. The molecule has 0 fully saturated rings. The number of benzene rings is 1. The predicted octanol–water partition coefficient (Wildman–Crippen LogP) is 2.47. The highest BCUT2D eigenvalue weighted by Crippen LogP contribution is 2.44. The minimum absolute atomic E-state index is 0.0933. The molecule has 1 aliphatic rings. The van der Waals surface area contributed by atoms with Crippen molar-refractivity contribution in [2.75, 3.05) is 0 Å². The lowest BCUT2D eigenvalue weighted by atomic mass is 10.2. The highest BCUT2D eigenvalue weighted by molar-refractivity contribution is 5.90. The van der Waals surface area contributed by atoms with E-state index in [1.165, 1.54) is 0 Å². The Morgan fingerprint density at radius 1 is 1.21 bits per heavy atom. The lowest BCUT2D eigenvalue weighted by Gasteiger charge is -2.19. The molecule has 0 saturated carbocycles. The van der Waals surface area contributed by atoms with Gasteiger partial charge in [-0.3, -0.25) is 4.79 Å². The quantitative estimate of drug-likeness (QED) is 0.636. The molecule has 1 aliphatic carbocycles. The van der Waals surface area contributed by atoms with Gasteiger partial charge < -0.3 is 4.74 Å². The Hall–Kier alpha value is -1.31. The highest BCUT2D eigenvalue weighted by atomic mass is 16.6. The monoisotopic (exact) mass is 190 g/mol. The van der Waals surface area contributed by atoms with Gasteiger partial charge in [-0.2, -0.15) is 0 Å². The van der Waals surface area contributed by atoms with Crippen LogP contribution in [-0.2, 0) is 9.53 Å².